The van der Waals surface area contributed by atoms with Gasteiger partial charge in [0.1, 0.15) is 5.82 Å². The number of aryl methyl sites for hydroxylation is 1. The van der Waals surface area contributed by atoms with Gasteiger partial charge in [-0.3, -0.25) is 4.98 Å². The van der Waals surface area contributed by atoms with Crippen LogP contribution >= 0.6 is 0 Å². The lowest BCUT2D eigenvalue weighted by atomic mass is 10.1. The van der Waals surface area contributed by atoms with Crippen LogP contribution in [-0.4, -0.2) is 26.3 Å². The number of nitrogens with zero attached hydrogens (tertiary/aromatic N) is 4. The second-order valence-electron chi connectivity index (χ2n) is 4.21. The van der Waals surface area contributed by atoms with E-state index in [0.717, 1.165) is 36.0 Å². The highest BCUT2D eigenvalue weighted by Crippen LogP contribution is 2.17. The molecule has 0 unspecified atom stereocenters. The van der Waals surface area contributed by atoms with Crippen molar-refractivity contribution in [1.82, 2.24) is 19.7 Å². The van der Waals surface area contributed by atoms with Crippen LogP contribution in [0.5, 0.6) is 0 Å². The van der Waals surface area contributed by atoms with E-state index >= 15 is 0 Å². The van der Waals surface area contributed by atoms with Crippen LogP contribution in [0, 0.1) is 13.8 Å². The summed E-state index contributed by atoms with van der Waals surface area (Å²) in [5.74, 6) is 1.54. The molecule has 0 spiro atoms. The third-order valence-corrected chi connectivity index (χ3v) is 2.99. The monoisotopic (exact) mass is 245 g/mol. The second-order valence-corrected chi connectivity index (χ2v) is 4.21. The second kappa shape index (κ2) is 5.16. The molecule has 0 radical (unpaired) electrons. The average Bonchev–Trinajstić information content (AvgIpc) is 2.65. The lowest BCUT2D eigenvalue weighted by Crippen LogP contribution is -2.06. The van der Waals surface area contributed by atoms with Crippen molar-refractivity contribution in [1.29, 1.82) is 0 Å². The maximum Gasteiger partial charge on any atom is 0.174 e. The summed E-state index contributed by atoms with van der Waals surface area (Å²) in [7, 11) is 0. The average molecular weight is 245 g/mol. The first-order chi connectivity index (χ1) is 8.67. The molecule has 0 aliphatic heterocycles. The van der Waals surface area contributed by atoms with Gasteiger partial charge in [-0.1, -0.05) is 6.92 Å². The zero-order valence-electron chi connectivity index (χ0n) is 11.4. The van der Waals surface area contributed by atoms with Crippen LogP contribution in [-0.2, 0) is 6.42 Å². The quantitative estimate of drug-likeness (QED) is 0.897. The maximum absolute atomic E-state index is 4.54. The third-order valence-electron chi connectivity index (χ3n) is 2.99. The summed E-state index contributed by atoms with van der Waals surface area (Å²) < 4.78 is 1.86. The zero-order chi connectivity index (χ0) is 13.1. The summed E-state index contributed by atoms with van der Waals surface area (Å²) in [5.41, 5.74) is 3.48. The summed E-state index contributed by atoms with van der Waals surface area (Å²) in [6, 6.07) is 0. The van der Waals surface area contributed by atoms with Crippen LogP contribution in [0.4, 0.5) is 5.82 Å². The van der Waals surface area contributed by atoms with E-state index in [-0.39, 0.29) is 0 Å². The highest BCUT2D eigenvalue weighted by atomic mass is 15.3. The van der Waals surface area contributed by atoms with Crippen LogP contribution < -0.4 is 5.32 Å². The fourth-order valence-corrected chi connectivity index (χ4v) is 2.13. The molecule has 0 atom stereocenters. The van der Waals surface area contributed by atoms with Crippen molar-refractivity contribution in [2.45, 2.75) is 34.1 Å². The summed E-state index contributed by atoms with van der Waals surface area (Å²) >= 11 is 0. The predicted octanol–water partition coefficient (Wildman–Crippen LogP) is 2.27. The summed E-state index contributed by atoms with van der Waals surface area (Å²) in [6.07, 6.45) is 4.44. The fourth-order valence-electron chi connectivity index (χ4n) is 2.13. The smallest absolute Gasteiger partial charge is 0.174 e. The van der Waals surface area contributed by atoms with Gasteiger partial charge in [0.25, 0.3) is 0 Å². The van der Waals surface area contributed by atoms with Crippen LogP contribution in [0.2, 0.25) is 0 Å². The van der Waals surface area contributed by atoms with E-state index in [0.29, 0.717) is 0 Å². The molecule has 0 saturated carbocycles. The number of nitrogens with one attached hydrogen (secondary N) is 1. The molecular weight excluding hydrogens is 226 g/mol. The first-order valence-electron chi connectivity index (χ1n) is 6.28. The molecule has 0 amide bonds. The van der Waals surface area contributed by atoms with E-state index in [1.165, 1.54) is 5.56 Å². The fraction of sp³-hybridized carbons (Fsp3) is 0.462. The van der Waals surface area contributed by atoms with Crippen molar-refractivity contribution in [2.75, 3.05) is 11.9 Å². The number of aromatic nitrogens is 4. The van der Waals surface area contributed by atoms with Crippen molar-refractivity contribution < 1.29 is 0 Å². The Bertz CT molecular complexity index is 544. The zero-order valence-corrected chi connectivity index (χ0v) is 11.4. The van der Waals surface area contributed by atoms with Gasteiger partial charge in [-0.05, 0) is 32.8 Å². The van der Waals surface area contributed by atoms with Gasteiger partial charge in [-0.2, -0.15) is 5.10 Å². The lowest BCUT2D eigenvalue weighted by Gasteiger charge is -2.06. The Morgan fingerprint density at radius 1 is 1.22 bits per heavy atom. The Kier molecular flexibility index (Phi) is 3.60. The van der Waals surface area contributed by atoms with Crippen molar-refractivity contribution >= 4 is 5.82 Å². The molecule has 2 rings (SSSR count). The van der Waals surface area contributed by atoms with Gasteiger partial charge in [0.15, 0.2) is 5.82 Å². The van der Waals surface area contributed by atoms with E-state index < -0.39 is 0 Å². The molecular formula is C13H19N5. The van der Waals surface area contributed by atoms with Crippen LogP contribution in [0.1, 0.15) is 30.8 Å². The van der Waals surface area contributed by atoms with Gasteiger partial charge < -0.3 is 5.32 Å². The van der Waals surface area contributed by atoms with Crippen molar-refractivity contribution in [3.05, 3.63) is 29.3 Å². The predicted molar refractivity (Wildman–Crippen MR) is 72.2 cm³/mol. The van der Waals surface area contributed by atoms with Gasteiger partial charge in [0.2, 0.25) is 0 Å². The minimum Gasteiger partial charge on any atom is -0.369 e. The molecule has 0 aliphatic carbocycles. The number of hydrogen-bond donors (Lipinski definition) is 1. The summed E-state index contributed by atoms with van der Waals surface area (Å²) in [5, 5.41) is 7.70. The SMILES string of the molecule is CCNc1cncc(-n2nc(C)c(CC)c2C)n1. The molecule has 0 saturated heterocycles. The standard InChI is InChI=1S/C13H19N5/c1-5-11-9(3)17-18(10(11)4)13-8-14-7-12(16-13)15-6-2/h7-8H,5-6H2,1-4H3,(H,15,16). The van der Waals surface area contributed by atoms with Crippen molar-refractivity contribution in [3.63, 3.8) is 0 Å². The number of hydrogen-bond acceptors (Lipinski definition) is 4. The lowest BCUT2D eigenvalue weighted by molar-refractivity contribution is 0.798. The Balaban J connectivity index is 2.45. The maximum atomic E-state index is 4.54. The van der Waals surface area contributed by atoms with Crippen LogP contribution in [0.15, 0.2) is 12.4 Å². The number of rotatable bonds is 4. The molecule has 5 nitrogen and oxygen atoms in total. The Labute approximate surface area is 107 Å². The minimum absolute atomic E-state index is 0.758. The van der Waals surface area contributed by atoms with E-state index in [4.69, 9.17) is 0 Å². The molecule has 2 aromatic rings. The number of anilines is 1. The van der Waals surface area contributed by atoms with Gasteiger partial charge in [-0.25, -0.2) is 9.67 Å². The Morgan fingerprint density at radius 2 is 2.00 bits per heavy atom. The molecule has 5 heteroatoms. The third kappa shape index (κ3) is 2.20. The molecule has 0 aromatic carbocycles. The van der Waals surface area contributed by atoms with Crippen LogP contribution in [0.3, 0.4) is 0 Å². The first kappa shape index (κ1) is 12.5. The van der Waals surface area contributed by atoms with Crippen molar-refractivity contribution in [3.8, 4) is 5.82 Å². The summed E-state index contributed by atoms with van der Waals surface area (Å²) in [4.78, 5) is 8.71. The van der Waals surface area contributed by atoms with Gasteiger partial charge >= 0.3 is 0 Å². The van der Waals surface area contributed by atoms with E-state index in [9.17, 15) is 0 Å². The topological polar surface area (TPSA) is 55.6 Å². The molecule has 96 valence electrons. The summed E-state index contributed by atoms with van der Waals surface area (Å²) in [6.45, 7) is 9.11. The van der Waals surface area contributed by atoms with Gasteiger partial charge in [0.05, 0.1) is 18.1 Å². The van der Waals surface area contributed by atoms with Crippen LogP contribution in [0.25, 0.3) is 5.82 Å². The first-order valence-corrected chi connectivity index (χ1v) is 6.28. The Morgan fingerprint density at radius 3 is 2.61 bits per heavy atom. The van der Waals surface area contributed by atoms with E-state index in [1.54, 1.807) is 12.4 Å². The normalized spacial score (nSPS) is 10.7. The molecule has 1 N–H and O–H groups in total. The Hall–Kier alpha value is -1.91. The molecule has 0 fully saturated rings. The molecule has 0 bridgehead atoms. The van der Waals surface area contributed by atoms with E-state index in [2.05, 4.69) is 34.2 Å². The highest BCUT2D eigenvalue weighted by molar-refractivity contribution is 5.38. The van der Waals surface area contributed by atoms with Gasteiger partial charge in [-0.15, -0.1) is 0 Å². The van der Waals surface area contributed by atoms with Crippen molar-refractivity contribution in [2.24, 2.45) is 0 Å². The van der Waals surface area contributed by atoms with Gasteiger partial charge in [0, 0.05) is 12.2 Å². The largest absolute Gasteiger partial charge is 0.369 e. The molecule has 18 heavy (non-hydrogen) atoms. The molecule has 2 aromatic heterocycles. The minimum atomic E-state index is 0.758. The highest BCUT2D eigenvalue weighted by Gasteiger charge is 2.12. The molecule has 0 aliphatic rings. The molecule has 2 heterocycles. The van der Waals surface area contributed by atoms with E-state index in [1.807, 2.05) is 18.5 Å².